The molecule has 2 rings (SSSR count). The van der Waals surface area contributed by atoms with Crippen molar-refractivity contribution in [3.63, 3.8) is 0 Å². The molecule has 2 aromatic rings. The number of para-hydroxylation sites is 1. The summed E-state index contributed by atoms with van der Waals surface area (Å²) < 4.78 is 44.2. The van der Waals surface area contributed by atoms with Gasteiger partial charge in [0.2, 0.25) is 0 Å². The fraction of sp³-hybridized carbons (Fsp3) is 0.188. The average molecular weight is 344 g/mol. The van der Waals surface area contributed by atoms with Crippen LogP contribution in [0.2, 0.25) is 5.02 Å². The minimum absolute atomic E-state index is 0.0660. The lowest BCUT2D eigenvalue weighted by atomic mass is 10.1. The van der Waals surface area contributed by atoms with E-state index in [1.807, 2.05) is 0 Å². The molecule has 0 heterocycles. The van der Waals surface area contributed by atoms with Gasteiger partial charge in [-0.25, -0.2) is 0 Å². The number of rotatable bonds is 4. The number of hydrogen-bond donors (Lipinski definition) is 1. The lowest BCUT2D eigenvalue weighted by Crippen LogP contribution is -2.17. The van der Waals surface area contributed by atoms with E-state index in [1.165, 1.54) is 36.4 Å². The quantitative estimate of drug-likeness (QED) is 0.847. The van der Waals surface area contributed by atoms with Gasteiger partial charge in [-0.15, -0.1) is 0 Å². The number of carbonyl (C=O) groups excluding carboxylic acids is 1. The van der Waals surface area contributed by atoms with Crippen molar-refractivity contribution in [3.8, 4) is 5.75 Å². The van der Waals surface area contributed by atoms with Crippen molar-refractivity contribution >= 4 is 23.2 Å². The molecule has 0 unspecified atom stereocenters. The Hall–Kier alpha value is -2.21. The van der Waals surface area contributed by atoms with E-state index in [0.29, 0.717) is 6.61 Å². The summed E-state index contributed by atoms with van der Waals surface area (Å²) in [5.74, 6) is -0.480. The number of nitrogens with one attached hydrogen (secondary N) is 1. The van der Waals surface area contributed by atoms with E-state index in [-0.39, 0.29) is 22.0 Å². The van der Waals surface area contributed by atoms with E-state index in [1.54, 1.807) is 6.92 Å². The van der Waals surface area contributed by atoms with Gasteiger partial charge in [0.15, 0.2) is 0 Å². The summed E-state index contributed by atoms with van der Waals surface area (Å²) in [4.78, 5) is 12.3. The van der Waals surface area contributed by atoms with E-state index < -0.39 is 17.6 Å². The number of alkyl halides is 3. The monoisotopic (exact) mass is 343 g/mol. The maximum atomic E-state index is 13.0. The summed E-state index contributed by atoms with van der Waals surface area (Å²) in [6.07, 6.45) is -4.57. The molecule has 0 bridgehead atoms. The Morgan fingerprint density at radius 3 is 2.57 bits per heavy atom. The van der Waals surface area contributed by atoms with Crippen molar-refractivity contribution in [2.75, 3.05) is 11.9 Å². The smallest absolute Gasteiger partial charge is 0.418 e. The van der Waals surface area contributed by atoms with Gasteiger partial charge in [-0.05, 0) is 37.3 Å². The zero-order valence-corrected chi connectivity index (χ0v) is 12.8. The van der Waals surface area contributed by atoms with Crippen LogP contribution >= 0.6 is 11.6 Å². The summed E-state index contributed by atoms with van der Waals surface area (Å²) in [6, 6.07) is 9.12. The third-order valence-electron chi connectivity index (χ3n) is 2.97. The summed E-state index contributed by atoms with van der Waals surface area (Å²) in [5.41, 5.74) is -1.18. The second-order valence-electron chi connectivity index (χ2n) is 4.57. The van der Waals surface area contributed by atoms with Crippen LogP contribution in [0.25, 0.3) is 0 Å². The number of hydrogen-bond acceptors (Lipinski definition) is 2. The number of amides is 1. The number of ether oxygens (including phenoxy) is 1. The summed E-state index contributed by atoms with van der Waals surface area (Å²) in [6.45, 7) is 2.04. The van der Waals surface area contributed by atoms with Gasteiger partial charge in [0.1, 0.15) is 5.75 Å². The fourth-order valence-corrected chi connectivity index (χ4v) is 2.16. The SMILES string of the molecule is CCOc1ccc(Cl)cc1C(=O)Nc1ccccc1C(F)(F)F. The lowest BCUT2D eigenvalue weighted by Gasteiger charge is -2.15. The molecule has 122 valence electrons. The van der Waals surface area contributed by atoms with Crippen LogP contribution in [0.3, 0.4) is 0 Å². The van der Waals surface area contributed by atoms with Gasteiger partial charge in [-0.1, -0.05) is 23.7 Å². The molecule has 3 nitrogen and oxygen atoms in total. The first-order valence-corrected chi connectivity index (χ1v) is 7.10. The van der Waals surface area contributed by atoms with Crippen LogP contribution in [0.4, 0.5) is 18.9 Å². The van der Waals surface area contributed by atoms with E-state index in [9.17, 15) is 18.0 Å². The van der Waals surface area contributed by atoms with Crippen LogP contribution in [-0.4, -0.2) is 12.5 Å². The van der Waals surface area contributed by atoms with Crippen LogP contribution in [0, 0.1) is 0 Å². The largest absolute Gasteiger partial charge is 0.493 e. The van der Waals surface area contributed by atoms with Crippen LogP contribution in [0.15, 0.2) is 42.5 Å². The van der Waals surface area contributed by atoms with Crippen molar-refractivity contribution in [3.05, 3.63) is 58.6 Å². The maximum absolute atomic E-state index is 13.0. The normalized spacial score (nSPS) is 11.2. The number of benzene rings is 2. The van der Waals surface area contributed by atoms with Crippen molar-refractivity contribution in [2.45, 2.75) is 13.1 Å². The zero-order valence-electron chi connectivity index (χ0n) is 12.1. The third kappa shape index (κ3) is 4.16. The Morgan fingerprint density at radius 2 is 1.91 bits per heavy atom. The summed E-state index contributed by atoms with van der Waals surface area (Å²) in [5, 5.41) is 2.54. The van der Waals surface area contributed by atoms with Gasteiger partial charge in [0, 0.05) is 5.02 Å². The molecular formula is C16H13ClF3NO2. The van der Waals surface area contributed by atoms with E-state index in [4.69, 9.17) is 16.3 Å². The van der Waals surface area contributed by atoms with Gasteiger partial charge in [-0.2, -0.15) is 13.2 Å². The fourth-order valence-electron chi connectivity index (χ4n) is 1.99. The average Bonchev–Trinajstić information content (AvgIpc) is 2.48. The Bertz CT molecular complexity index is 717. The second-order valence-corrected chi connectivity index (χ2v) is 5.01. The molecule has 0 radical (unpaired) electrons. The van der Waals surface area contributed by atoms with Crippen LogP contribution in [0.1, 0.15) is 22.8 Å². The molecule has 0 aliphatic rings. The van der Waals surface area contributed by atoms with Gasteiger partial charge in [0.25, 0.3) is 5.91 Å². The Kier molecular flexibility index (Phi) is 5.15. The van der Waals surface area contributed by atoms with Gasteiger partial charge in [-0.3, -0.25) is 4.79 Å². The Morgan fingerprint density at radius 1 is 1.22 bits per heavy atom. The topological polar surface area (TPSA) is 38.3 Å². The van der Waals surface area contributed by atoms with Crippen LogP contribution < -0.4 is 10.1 Å². The number of halogens is 4. The Balaban J connectivity index is 2.36. The first-order valence-electron chi connectivity index (χ1n) is 6.73. The first-order chi connectivity index (χ1) is 10.8. The number of carbonyl (C=O) groups is 1. The van der Waals surface area contributed by atoms with Crippen LogP contribution in [0.5, 0.6) is 5.75 Å². The molecule has 0 saturated heterocycles. The molecule has 0 aliphatic carbocycles. The van der Waals surface area contributed by atoms with E-state index in [2.05, 4.69) is 5.32 Å². The molecule has 0 fully saturated rings. The zero-order chi connectivity index (χ0) is 17.0. The molecule has 0 atom stereocenters. The third-order valence-corrected chi connectivity index (χ3v) is 3.20. The number of anilines is 1. The molecule has 0 aromatic heterocycles. The minimum atomic E-state index is -4.57. The molecular weight excluding hydrogens is 331 g/mol. The predicted molar refractivity (Wildman–Crippen MR) is 82.0 cm³/mol. The lowest BCUT2D eigenvalue weighted by molar-refractivity contribution is -0.136. The van der Waals surface area contributed by atoms with E-state index >= 15 is 0 Å². The molecule has 2 aromatic carbocycles. The van der Waals surface area contributed by atoms with Gasteiger partial charge >= 0.3 is 6.18 Å². The Labute approximate surface area is 136 Å². The molecule has 7 heteroatoms. The minimum Gasteiger partial charge on any atom is -0.493 e. The van der Waals surface area contributed by atoms with Gasteiger partial charge in [0.05, 0.1) is 23.4 Å². The molecule has 23 heavy (non-hydrogen) atoms. The van der Waals surface area contributed by atoms with Crippen LogP contribution in [-0.2, 0) is 6.18 Å². The predicted octanol–water partition coefficient (Wildman–Crippen LogP) is 5.01. The highest BCUT2D eigenvalue weighted by atomic mass is 35.5. The first kappa shape index (κ1) is 17.1. The molecule has 0 spiro atoms. The standard InChI is InChI=1S/C16H13ClF3NO2/c1-2-23-14-8-7-10(17)9-11(14)15(22)21-13-6-4-3-5-12(13)16(18,19)20/h3-9H,2H2,1H3,(H,21,22). The van der Waals surface area contributed by atoms with E-state index in [0.717, 1.165) is 6.07 Å². The molecule has 1 N–H and O–H groups in total. The highest BCUT2D eigenvalue weighted by molar-refractivity contribution is 6.31. The van der Waals surface area contributed by atoms with Crippen molar-refractivity contribution < 1.29 is 22.7 Å². The van der Waals surface area contributed by atoms with Crippen molar-refractivity contribution in [2.24, 2.45) is 0 Å². The highest BCUT2D eigenvalue weighted by Gasteiger charge is 2.33. The second kappa shape index (κ2) is 6.91. The maximum Gasteiger partial charge on any atom is 0.418 e. The highest BCUT2D eigenvalue weighted by Crippen LogP contribution is 2.35. The van der Waals surface area contributed by atoms with Crippen molar-refractivity contribution in [1.29, 1.82) is 0 Å². The molecule has 0 saturated carbocycles. The summed E-state index contributed by atoms with van der Waals surface area (Å²) in [7, 11) is 0. The summed E-state index contributed by atoms with van der Waals surface area (Å²) >= 11 is 5.85. The van der Waals surface area contributed by atoms with Gasteiger partial charge < -0.3 is 10.1 Å². The molecule has 1 amide bonds. The molecule has 0 aliphatic heterocycles. The van der Waals surface area contributed by atoms with Crippen molar-refractivity contribution in [1.82, 2.24) is 0 Å².